The van der Waals surface area contributed by atoms with Crippen molar-refractivity contribution in [1.29, 1.82) is 0 Å². The van der Waals surface area contributed by atoms with Crippen molar-refractivity contribution in [2.24, 2.45) is 0 Å². The molecule has 2 amide bonds. The third-order valence-electron chi connectivity index (χ3n) is 5.97. The highest BCUT2D eigenvalue weighted by Gasteiger charge is 2.20. The minimum Gasteiger partial charge on any atom is -0.346 e. The number of carbonyl (C=O) groups excluding carboxylic acids is 2. The molecule has 0 aliphatic heterocycles. The Kier molecular flexibility index (Phi) is 7.27. The average Bonchev–Trinajstić information content (AvgIpc) is 3.32. The van der Waals surface area contributed by atoms with Gasteiger partial charge >= 0.3 is 0 Å². The van der Waals surface area contributed by atoms with Crippen molar-refractivity contribution < 1.29 is 23.6 Å². The Labute approximate surface area is 194 Å². The molecule has 0 fully saturated rings. The molecule has 0 saturated carbocycles. The first-order valence-corrected chi connectivity index (χ1v) is 11.1. The van der Waals surface area contributed by atoms with E-state index in [-0.39, 0.29) is 18.5 Å². The van der Waals surface area contributed by atoms with Gasteiger partial charge in [-0.1, -0.05) is 23.4 Å². The maximum atomic E-state index is 13.4. The van der Waals surface area contributed by atoms with E-state index in [9.17, 15) is 18.4 Å². The molecule has 0 saturated heterocycles. The number of nitrogens with one attached hydrogen (secondary N) is 2. The van der Waals surface area contributed by atoms with Gasteiger partial charge in [0.05, 0.1) is 25.2 Å². The fourth-order valence-corrected chi connectivity index (χ4v) is 4.19. The second-order valence-electron chi connectivity index (χ2n) is 8.41. The summed E-state index contributed by atoms with van der Waals surface area (Å²) in [4.78, 5) is 24.1. The van der Waals surface area contributed by atoms with Gasteiger partial charge in [-0.2, -0.15) is 0 Å². The number of aryl methyl sites for hydroxylation is 2. The van der Waals surface area contributed by atoms with Gasteiger partial charge in [-0.05, 0) is 67.0 Å². The van der Waals surface area contributed by atoms with Crippen LogP contribution in [0, 0.1) is 11.6 Å². The van der Waals surface area contributed by atoms with E-state index in [1.165, 1.54) is 28.3 Å². The molecule has 1 aliphatic rings. The summed E-state index contributed by atoms with van der Waals surface area (Å²) in [6.07, 6.45) is 6.57. The molecule has 3 aromatic rings. The number of aromatic nitrogens is 3. The van der Waals surface area contributed by atoms with Crippen LogP contribution in [0.25, 0.3) is 0 Å². The van der Waals surface area contributed by atoms with Gasteiger partial charge in [-0.15, -0.1) is 5.10 Å². The van der Waals surface area contributed by atoms with Gasteiger partial charge in [0.25, 0.3) is 5.91 Å². The van der Waals surface area contributed by atoms with Crippen molar-refractivity contribution in [3.05, 3.63) is 82.2 Å². The van der Waals surface area contributed by atoms with Gasteiger partial charge < -0.3 is 5.32 Å². The fraction of sp³-hybridized carbons (Fsp3) is 0.333. The van der Waals surface area contributed by atoms with E-state index < -0.39 is 29.5 Å². The number of carbonyl (C=O) groups is 2. The molecular weight excluding hydrogens is 444 g/mol. The van der Waals surface area contributed by atoms with Crippen molar-refractivity contribution in [3.8, 4) is 0 Å². The number of halogens is 2. The zero-order valence-corrected chi connectivity index (χ0v) is 18.4. The monoisotopic (exact) mass is 469 g/mol. The first-order valence-electron chi connectivity index (χ1n) is 11.1. The molecule has 0 spiro atoms. The molecule has 10 heteroatoms. The summed E-state index contributed by atoms with van der Waals surface area (Å²) in [5, 5.41) is 19.8. The zero-order valence-electron chi connectivity index (χ0n) is 18.4. The third kappa shape index (κ3) is 5.63. The van der Waals surface area contributed by atoms with E-state index in [4.69, 9.17) is 5.21 Å². The number of benzene rings is 2. The summed E-state index contributed by atoms with van der Waals surface area (Å²) in [6, 6.07) is 8.84. The second-order valence-corrected chi connectivity index (χ2v) is 8.41. The van der Waals surface area contributed by atoms with Crippen molar-refractivity contribution in [3.63, 3.8) is 0 Å². The number of hydrogen-bond acceptors (Lipinski definition) is 5. The third-order valence-corrected chi connectivity index (χ3v) is 5.97. The van der Waals surface area contributed by atoms with Gasteiger partial charge in [-0.3, -0.25) is 14.8 Å². The van der Waals surface area contributed by atoms with Crippen molar-refractivity contribution in [2.45, 2.75) is 51.1 Å². The molecule has 0 bridgehead atoms. The Morgan fingerprint density at radius 2 is 1.85 bits per heavy atom. The second kappa shape index (κ2) is 10.5. The number of nitrogens with zero attached hydrogens (tertiary/aromatic N) is 3. The van der Waals surface area contributed by atoms with E-state index in [0.717, 1.165) is 37.0 Å². The number of amides is 2. The quantitative estimate of drug-likeness (QED) is 0.347. The molecule has 1 aliphatic carbocycles. The lowest BCUT2D eigenvalue weighted by molar-refractivity contribution is -0.130. The molecule has 0 unspecified atom stereocenters. The van der Waals surface area contributed by atoms with E-state index in [2.05, 4.69) is 27.8 Å². The molecule has 4 rings (SSSR count). The average molecular weight is 469 g/mol. The minimum atomic E-state index is -1.11. The highest BCUT2D eigenvalue weighted by molar-refractivity contribution is 5.94. The van der Waals surface area contributed by atoms with Crippen LogP contribution in [0.3, 0.4) is 0 Å². The molecule has 3 N–H and O–H groups in total. The summed E-state index contributed by atoms with van der Waals surface area (Å²) >= 11 is 0. The van der Waals surface area contributed by atoms with Gasteiger partial charge in [0.15, 0.2) is 11.6 Å². The lowest BCUT2D eigenvalue weighted by Crippen LogP contribution is -2.25. The number of fused-ring (bicyclic) bond motifs is 1. The van der Waals surface area contributed by atoms with E-state index >= 15 is 0 Å². The van der Waals surface area contributed by atoms with Crippen LogP contribution in [-0.2, 0) is 30.6 Å². The Bertz CT molecular complexity index is 1200. The Balaban J connectivity index is 1.45. The van der Waals surface area contributed by atoms with E-state index in [1.807, 2.05) is 6.07 Å². The maximum Gasteiger partial charge on any atom is 0.251 e. The van der Waals surface area contributed by atoms with Crippen LogP contribution in [0.2, 0.25) is 0 Å². The summed E-state index contributed by atoms with van der Waals surface area (Å²) < 4.78 is 28.0. The predicted octanol–water partition coefficient (Wildman–Crippen LogP) is 3.04. The smallest absolute Gasteiger partial charge is 0.251 e. The molecule has 0 radical (unpaired) electrons. The molecule has 8 nitrogen and oxygen atoms in total. The number of rotatable bonds is 8. The molecule has 1 aromatic heterocycles. The number of hydroxylamine groups is 1. The lowest BCUT2D eigenvalue weighted by Gasteiger charge is -2.19. The molecule has 178 valence electrons. The standard InChI is InChI=1S/C24H25F2N5O3/c25-21-8-7-18(11-22(21)26)24(33)27-13-19-14-31(30-28-19)20(12-23(32)29-34)10-15-5-6-16-3-1-2-4-17(16)9-15/h5-9,11,14,20,34H,1-4,10,12-13H2,(H,27,33)(H,29,32)/t20-/m1/s1. The predicted molar refractivity (Wildman–Crippen MR) is 118 cm³/mol. The van der Waals surface area contributed by atoms with Crippen LogP contribution in [0.5, 0.6) is 0 Å². The molecular formula is C24H25F2N5O3. The Hall–Kier alpha value is -3.66. The fourth-order valence-electron chi connectivity index (χ4n) is 4.19. The molecule has 1 heterocycles. The maximum absolute atomic E-state index is 13.4. The first-order chi connectivity index (χ1) is 16.4. The van der Waals surface area contributed by atoms with E-state index in [1.54, 1.807) is 11.7 Å². The van der Waals surface area contributed by atoms with Gasteiger partial charge in [0.1, 0.15) is 5.69 Å². The van der Waals surface area contributed by atoms with Crippen LogP contribution in [0.15, 0.2) is 42.6 Å². The summed E-state index contributed by atoms with van der Waals surface area (Å²) in [7, 11) is 0. The Morgan fingerprint density at radius 3 is 2.62 bits per heavy atom. The van der Waals surface area contributed by atoms with Crippen LogP contribution < -0.4 is 10.8 Å². The van der Waals surface area contributed by atoms with Crippen molar-refractivity contribution >= 4 is 11.8 Å². The van der Waals surface area contributed by atoms with Crippen molar-refractivity contribution in [1.82, 2.24) is 25.8 Å². The van der Waals surface area contributed by atoms with Gasteiger partial charge in [0, 0.05) is 5.56 Å². The highest BCUT2D eigenvalue weighted by Crippen LogP contribution is 2.25. The zero-order chi connectivity index (χ0) is 24.1. The molecule has 2 aromatic carbocycles. The van der Waals surface area contributed by atoms with Crippen LogP contribution in [-0.4, -0.2) is 32.0 Å². The normalized spacial score (nSPS) is 13.7. The van der Waals surface area contributed by atoms with Crippen LogP contribution in [0.4, 0.5) is 8.78 Å². The lowest BCUT2D eigenvalue weighted by atomic mass is 9.89. The summed E-state index contributed by atoms with van der Waals surface area (Å²) in [6.45, 7) is 0.00951. The SMILES string of the molecule is O=C(C[C@@H](Cc1ccc2c(c1)CCCC2)n1cc(CNC(=O)c2ccc(F)c(F)c2)nn1)NO. The number of hydrogen-bond donors (Lipinski definition) is 3. The molecule has 1 atom stereocenters. The first kappa shape index (κ1) is 23.5. The van der Waals surface area contributed by atoms with Gasteiger partial charge in [-0.25, -0.2) is 18.9 Å². The van der Waals surface area contributed by atoms with Crippen LogP contribution in [0.1, 0.15) is 58.0 Å². The molecule has 34 heavy (non-hydrogen) atoms. The minimum absolute atomic E-state index is 0.00951. The van der Waals surface area contributed by atoms with Crippen LogP contribution >= 0.6 is 0 Å². The van der Waals surface area contributed by atoms with Crippen molar-refractivity contribution in [2.75, 3.05) is 0 Å². The van der Waals surface area contributed by atoms with Gasteiger partial charge in [0.2, 0.25) is 5.91 Å². The topological polar surface area (TPSA) is 109 Å². The Morgan fingerprint density at radius 1 is 1.06 bits per heavy atom. The van der Waals surface area contributed by atoms with E-state index in [0.29, 0.717) is 12.1 Å². The highest BCUT2D eigenvalue weighted by atomic mass is 19.2. The summed E-state index contributed by atoms with van der Waals surface area (Å²) in [5.41, 5.74) is 5.81. The summed E-state index contributed by atoms with van der Waals surface area (Å²) in [5.74, 6) is -3.27. The largest absolute Gasteiger partial charge is 0.346 e.